The molecule has 0 saturated heterocycles. The maximum Gasteiger partial charge on any atom is 0.329 e. The Kier molecular flexibility index (Phi) is 4.93. The summed E-state index contributed by atoms with van der Waals surface area (Å²) in [6, 6.07) is 0. The van der Waals surface area contributed by atoms with Crippen LogP contribution in [-0.4, -0.2) is 51.5 Å². The van der Waals surface area contributed by atoms with Crippen LogP contribution in [0.3, 0.4) is 0 Å². The average Bonchev–Trinajstić information content (AvgIpc) is 2.69. The van der Waals surface area contributed by atoms with Crippen LogP contribution in [0.25, 0.3) is 0 Å². The van der Waals surface area contributed by atoms with Gasteiger partial charge in [0.2, 0.25) is 5.91 Å². The molecule has 0 spiro atoms. The molecule has 16 heavy (non-hydrogen) atoms. The first-order valence-corrected chi connectivity index (χ1v) is 4.57. The second-order valence-corrected chi connectivity index (χ2v) is 2.89. The van der Waals surface area contributed by atoms with Crippen molar-refractivity contribution in [2.75, 3.05) is 19.8 Å². The molecule has 1 amide bonds. The lowest BCUT2D eigenvalue weighted by molar-refractivity contribution is -0.142. The van der Waals surface area contributed by atoms with Gasteiger partial charge in [-0.05, 0) is 0 Å². The van der Waals surface area contributed by atoms with E-state index in [1.165, 1.54) is 17.3 Å². The third-order valence-corrected chi connectivity index (χ3v) is 1.57. The lowest BCUT2D eigenvalue weighted by Gasteiger charge is -2.04. The molecule has 0 bridgehead atoms. The lowest BCUT2D eigenvalue weighted by Crippen LogP contribution is -2.31. The number of carboxylic acid groups (broad SMARTS) is 1. The predicted molar refractivity (Wildman–Crippen MR) is 51.5 cm³/mol. The highest BCUT2D eigenvalue weighted by molar-refractivity contribution is 5.75. The largest absolute Gasteiger partial charge is 0.480 e. The Hall–Kier alpha value is -1.96. The topological polar surface area (TPSA) is 106 Å². The molecular formula is C8H12N4O4. The number of nitrogens with one attached hydrogen (secondary N) is 1. The van der Waals surface area contributed by atoms with E-state index in [1.54, 1.807) is 0 Å². The highest BCUT2D eigenvalue weighted by Crippen LogP contribution is 1.80. The number of nitrogens with zero attached hydrogens (tertiary/aromatic N) is 3. The molecule has 0 radical (unpaired) electrons. The number of carboxylic acids is 1. The second kappa shape index (κ2) is 6.51. The Morgan fingerprint density at radius 1 is 1.50 bits per heavy atom. The highest BCUT2D eigenvalue weighted by Gasteiger charge is 2.02. The summed E-state index contributed by atoms with van der Waals surface area (Å²) in [4.78, 5) is 25.0. The van der Waals surface area contributed by atoms with Crippen LogP contribution in [0.2, 0.25) is 0 Å². The summed E-state index contributed by atoms with van der Waals surface area (Å²) in [7, 11) is 0. The summed E-state index contributed by atoms with van der Waals surface area (Å²) in [5, 5.41) is 14.6. The van der Waals surface area contributed by atoms with Gasteiger partial charge in [0.1, 0.15) is 25.8 Å². The number of aromatic nitrogens is 3. The van der Waals surface area contributed by atoms with E-state index in [2.05, 4.69) is 15.4 Å². The minimum absolute atomic E-state index is 0.0823. The Bertz CT molecular complexity index is 338. The zero-order valence-corrected chi connectivity index (χ0v) is 8.50. The fourth-order valence-corrected chi connectivity index (χ4v) is 0.940. The van der Waals surface area contributed by atoms with Crippen LogP contribution in [0, 0.1) is 0 Å². The molecule has 0 aromatic carbocycles. The van der Waals surface area contributed by atoms with E-state index in [9.17, 15) is 9.59 Å². The maximum absolute atomic E-state index is 11.2. The van der Waals surface area contributed by atoms with Crippen LogP contribution >= 0.6 is 0 Å². The van der Waals surface area contributed by atoms with Crippen molar-refractivity contribution in [1.82, 2.24) is 20.1 Å². The second-order valence-electron chi connectivity index (χ2n) is 2.89. The van der Waals surface area contributed by atoms with Crippen LogP contribution in [0.15, 0.2) is 12.7 Å². The van der Waals surface area contributed by atoms with E-state index in [0.29, 0.717) is 0 Å². The number of carbonyl (C=O) groups excluding carboxylic acids is 1. The normalized spacial score (nSPS) is 10.0. The molecule has 1 rings (SSSR count). The molecule has 0 fully saturated rings. The van der Waals surface area contributed by atoms with Crippen molar-refractivity contribution < 1.29 is 19.4 Å². The monoisotopic (exact) mass is 228 g/mol. The first-order valence-electron chi connectivity index (χ1n) is 4.57. The van der Waals surface area contributed by atoms with Crippen molar-refractivity contribution in [2.45, 2.75) is 6.54 Å². The van der Waals surface area contributed by atoms with Crippen molar-refractivity contribution >= 4 is 11.9 Å². The maximum atomic E-state index is 11.2. The lowest BCUT2D eigenvalue weighted by atomic mass is 10.5. The molecule has 0 saturated carbocycles. The number of amides is 1. The summed E-state index contributed by atoms with van der Waals surface area (Å²) in [5.41, 5.74) is 0. The van der Waals surface area contributed by atoms with Gasteiger partial charge in [0.25, 0.3) is 0 Å². The van der Waals surface area contributed by atoms with E-state index in [4.69, 9.17) is 9.84 Å². The third kappa shape index (κ3) is 5.05. The van der Waals surface area contributed by atoms with Gasteiger partial charge < -0.3 is 15.2 Å². The number of aliphatic carboxylic acids is 1. The quantitative estimate of drug-likeness (QED) is 0.550. The highest BCUT2D eigenvalue weighted by atomic mass is 16.5. The Balaban J connectivity index is 2.05. The molecular weight excluding hydrogens is 216 g/mol. The molecule has 0 unspecified atom stereocenters. The van der Waals surface area contributed by atoms with Crippen molar-refractivity contribution in [2.24, 2.45) is 0 Å². The smallest absolute Gasteiger partial charge is 0.329 e. The number of hydrogen-bond acceptors (Lipinski definition) is 5. The van der Waals surface area contributed by atoms with E-state index in [-0.39, 0.29) is 32.2 Å². The number of carbonyl (C=O) groups is 2. The predicted octanol–water partition coefficient (Wildman–Crippen LogP) is -1.50. The molecule has 2 N–H and O–H groups in total. The minimum atomic E-state index is -1.03. The SMILES string of the molecule is O=C(O)COCCNC(=O)Cn1cncn1. The van der Waals surface area contributed by atoms with Gasteiger partial charge in [0, 0.05) is 6.54 Å². The van der Waals surface area contributed by atoms with Gasteiger partial charge in [-0.2, -0.15) is 5.10 Å². The van der Waals surface area contributed by atoms with E-state index in [0.717, 1.165) is 0 Å². The van der Waals surface area contributed by atoms with E-state index < -0.39 is 5.97 Å². The van der Waals surface area contributed by atoms with Crippen LogP contribution in [0.1, 0.15) is 0 Å². The molecule has 8 heteroatoms. The molecule has 1 heterocycles. The first-order chi connectivity index (χ1) is 7.68. The van der Waals surface area contributed by atoms with Crippen molar-refractivity contribution in [1.29, 1.82) is 0 Å². The molecule has 88 valence electrons. The minimum Gasteiger partial charge on any atom is -0.480 e. The molecule has 0 aliphatic rings. The van der Waals surface area contributed by atoms with Crippen LogP contribution < -0.4 is 5.32 Å². The van der Waals surface area contributed by atoms with Crippen LogP contribution in [0.5, 0.6) is 0 Å². The zero-order chi connectivity index (χ0) is 11.8. The van der Waals surface area contributed by atoms with Gasteiger partial charge >= 0.3 is 5.97 Å². The van der Waals surface area contributed by atoms with Crippen molar-refractivity contribution in [3.63, 3.8) is 0 Å². The van der Waals surface area contributed by atoms with Crippen LogP contribution in [0.4, 0.5) is 0 Å². The Morgan fingerprint density at radius 2 is 2.31 bits per heavy atom. The molecule has 1 aromatic rings. The molecule has 0 atom stereocenters. The third-order valence-electron chi connectivity index (χ3n) is 1.57. The van der Waals surface area contributed by atoms with Gasteiger partial charge in [-0.15, -0.1) is 0 Å². The van der Waals surface area contributed by atoms with Crippen molar-refractivity contribution in [3.8, 4) is 0 Å². The summed E-state index contributed by atoms with van der Waals surface area (Å²) in [5.74, 6) is -1.27. The van der Waals surface area contributed by atoms with Gasteiger partial charge in [-0.1, -0.05) is 0 Å². The van der Waals surface area contributed by atoms with Gasteiger partial charge in [-0.25, -0.2) is 14.5 Å². The standard InChI is InChI=1S/C8H12N4O4/c13-7(3-12-6-9-5-11-12)10-1-2-16-4-8(14)15/h5-6H,1-4H2,(H,10,13)(H,14,15). The summed E-state index contributed by atoms with van der Waals surface area (Å²) < 4.78 is 6.11. The van der Waals surface area contributed by atoms with Gasteiger partial charge in [0.15, 0.2) is 0 Å². The summed E-state index contributed by atoms with van der Waals surface area (Å²) in [6.45, 7) is 0.147. The average molecular weight is 228 g/mol. The Morgan fingerprint density at radius 3 is 2.94 bits per heavy atom. The van der Waals surface area contributed by atoms with E-state index in [1.807, 2.05) is 0 Å². The molecule has 0 aliphatic heterocycles. The fourth-order valence-electron chi connectivity index (χ4n) is 0.940. The summed E-state index contributed by atoms with van der Waals surface area (Å²) >= 11 is 0. The fraction of sp³-hybridized carbons (Fsp3) is 0.500. The van der Waals surface area contributed by atoms with Gasteiger partial charge in [0.05, 0.1) is 6.61 Å². The molecule has 1 aromatic heterocycles. The van der Waals surface area contributed by atoms with Crippen LogP contribution in [-0.2, 0) is 20.9 Å². The zero-order valence-electron chi connectivity index (χ0n) is 8.50. The Labute approximate surface area is 91.2 Å². The van der Waals surface area contributed by atoms with E-state index >= 15 is 0 Å². The first kappa shape index (κ1) is 12.1. The number of rotatable bonds is 7. The molecule has 0 aliphatic carbocycles. The number of ether oxygens (including phenoxy) is 1. The number of hydrogen-bond donors (Lipinski definition) is 2. The van der Waals surface area contributed by atoms with Gasteiger partial charge in [-0.3, -0.25) is 4.79 Å². The van der Waals surface area contributed by atoms with Crippen molar-refractivity contribution in [3.05, 3.63) is 12.7 Å². The molecule has 8 nitrogen and oxygen atoms in total. The summed E-state index contributed by atoms with van der Waals surface area (Å²) in [6.07, 6.45) is 2.77.